The Balaban J connectivity index is 3.75. The smallest absolute Gasteiger partial charge is 0.333 e. The molecule has 0 fully saturated rings. The average Bonchev–Trinajstić information content (AvgIpc) is 3.06. The van der Waals surface area contributed by atoms with Crippen molar-refractivity contribution in [1.82, 2.24) is 0 Å². The molecule has 1 aromatic rings. The van der Waals surface area contributed by atoms with Gasteiger partial charge in [-0.1, -0.05) is 109 Å². The fourth-order valence-corrected chi connectivity index (χ4v) is 11.1. The lowest BCUT2D eigenvalue weighted by Gasteiger charge is -2.47. The lowest BCUT2D eigenvalue weighted by atomic mass is 9.74. The van der Waals surface area contributed by atoms with Crippen LogP contribution >= 0.6 is 22.6 Å². The quantitative estimate of drug-likeness (QED) is 0.0502. The lowest BCUT2D eigenvalue weighted by Crippen LogP contribution is -2.52. The molecule has 0 N–H and O–H groups in total. The zero-order valence-corrected chi connectivity index (χ0v) is 37.9. The van der Waals surface area contributed by atoms with Gasteiger partial charge in [-0.25, -0.2) is 4.79 Å². The van der Waals surface area contributed by atoms with E-state index in [1.54, 1.807) is 7.11 Å². The Morgan fingerprint density at radius 3 is 1.96 bits per heavy atom. The van der Waals surface area contributed by atoms with Gasteiger partial charge in [-0.15, -0.1) is 0 Å². The zero-order chi connectivity index (χ0) is 37.6. The van der Waals surface area contributed by atoms with E-state index in [9.17, 15) is 4.79 Å². The van der Waals surface area contributed by atoms with Gasteiger partial charge in [0.15, 0.2) is 16.6 Å². The molecule has 0 saturated heterocycles. The minimum atomic E-state index is -2.17. The summed E-state index contributed by atoms with van der Waals surface area (Å²) >= 11 is 2.37. The van der Waals surface area contributed by atoms with Crippen LogP contribution in [0, 0.1) is 23.7 Å². The summed E-state index contributed by atoms with van der Waals surface area (Å²) in [5.41, 5.74) is 3.09. The molecule has 0 aliphatic carbocycles. The monoisotopic (exact) mass is 830 g/mol. The van der Waals surface area contributed by atoms with E-state index in [-0.39, 0.29) is 46.9 Å². The van der Waals surface area contributed by atoms with Crippen molar-refractivity contribution in [1.29, 1.82) is 0 Å². The molecule has 0 aliphatic heterocycles. The normalized spacial score (nSPS) is 17.2. The Morgan fingerprint density at radius 2 is 1.49 bits per heavy atom. The van der Waals surface area contributed by atoms with E-state index in [0.717, 1.165) is 35.9 Å². The van der Waals surface area contributed by atoms with Crippen LogP contribution in [0.2, 0.25) is 36.3 Å². The maximum Gasteiger partial charge on any atom is 0.333 e. The highest BCUT2D eigenvalue weighted by atomic mass is 127. The minimum absolute atomic E-state index is 0.00513. The molecule has 1 rings (SSSR count). The first-order chi connectivity index (χ1) is 22.8. The number of rotatable bonds is 22. The Labute approximate surface area is 316 Å². The van der Waals surface area contributed by atoms with Crippen molar-refractivity contribution in [3.63, 3.8) is 0 Å². The van der Waals surface area contributed by atoms with Gasteiger partial charge >= 0.3 is 5.97 Å². The van der Waals surface area contributed by atoms with E-state index in [1.807, 2.05) is 26.0 Å². The van der Waals surface area contributed by atoms with Gasteiger partial charge in [0.1, 0.15) is 5.75 Å². The van der Waals surface area contributed by atoms with Crippen molar-refractivity contribution < 1.29 is 27.9 Å². The SMILES string of the molecule is CCOC(=O)/C(C)=C/[C@H](C)[C@@H](O[Si](CC)(CC)CC)[C@@H](C/C(C)=C\I)[C@H](C)[C@H](O[Si](C)(C)C(C)(C)C)[C@H](C)COCc1ccc(OC)cc1. The summed E-state index contributed by atoms with van der Waals surface area (Å²) in [5, 5.41) is 0.0551. The third-order valence-corrected chi connectivity index (χ3v) is 21.1. The molecule has 0 spiro atoms. The highest BCUT2D eigenvalue weighted by molar-refractivity contribution is 14.1. The van der Waals surface area contributed by atoms with Crippen LogP contribution in [-0.2, 0) is 29.7 Å². The summed E-state index contributed by atoms with van der Waals surface area (Å²) < 4.78 is 34.3. The van der Waals surface area contributed by atoms with Gasteiger partial charge in [0.05, 0.1) is 39.1 Å². The van der Waals surface area contributed by atoms with E-state index in [1.165, 1.54) is 5.57 Å². The van der Waals surface area contributed by atoms with Crippen LogP contribution in [0.3, 0.4) is 0 Å². The van der Waals surface area contributed by atoms with E-state index >= 15 is 0 Å². The Kier molecular flexibility index (Phi) is 20.2. The summed E-state index contributed by atoms with van der Waals surface area (Å²) in [7, 11) is -2.53. The van der Waals surface area contributed by atoms with Gasteiger partial charge in [-0.2, -0.15) is 0 Å². The first kappa shape index (κ1) is 46.0. The van der Waals surface area contributed by atoms with Gasteiger partial charge in [-0.05, 0) is 97.1 Å². The lowest BCUT2D eigenvalue weighted by molar-refractivity contribution is -0.138. The predicted octanol–water partition coefficient (Wildman–Crippen LogP) is 11.8. The summed E-state index contributed by atoms with van der Waals surface area (Å²) in [6, 6.07) is 11.3. The average molecular weight is 831 g/mol. The highest BCUT2D eigenvalue weighted by Gasteiger charge is 2.46. The number of esters is 1. The molecule has 0 radical (unpaired) electrons. The number of halogens is 1. The van der Waals surface area contributed by atoms with Gasteiger partial charge < -0.3 is 23.1 Å². The zero-order valence-electron chi connectivity index (χ0n) is 33.7. The van der Waals surface area contributed by atoms with Crippen LogP contribution < -0.4 is 4.74 Å². The highest BCUT2D eigenvalue weighted by Crippen LogP contribution is 2.43. The second-order valence-electron chi connectivity index (χ2n) is 15.6. The Morgan fingerprint density at radius 1 is 0.918 bits per heavy atom. The van der Waals surface area contributed by atoms with E-state index < -0.39 is 16.6 Å². The standard InChI is InChI=1S/C40H71IO6Si2/c1-16-45-39(42)31(7)25-30(6)38(47-49(17-2,18-3)19-4)36(24-29(5)26-41)33(9)37(46-48(14,15)40(10,11)12)32(8)27-44-28-34-20-22-35(43-13)23-21-34/h20-23,25-26,30,32-33,36-38H,16-19,24,27-28H2,1-15H3/b29-26-,31-25+/t30-,32+,33-,36-,37+,38+/m0/s1. The summed E-state index contributed by atoms with van der Waals surface area (Å²) in [4.78, 5) is 12.8. The fourth-order valence-electron chi connectivity index (χ4n) is 6.37. The maximum absolute atomic E-state index is 12.8. The molecule has 282 valence electrons. The number of allylic oxidation sites excluding steroid dienone is 1. The van der Waals surface area contributed by atoms with Crippen LogP contribution in [0.15, 0.2) is 45.6 Å². The molecule has 0 amide bonds. The molecule has 6 nitrogen and oxygen atoms in total. The molecule has 0 aliphatic rings. The second kappa shape index (κ2) is 21.5. The maximum atomic E-state index is 12.8. The van der Waals surface area contributed by atoms with Crippen LogP contribution in [-0.4, -0.2) is 55.1 Å². The van der Waals surface area contributed by atoms with E-state index in [4.69, 9.17) is 23.1 Å². The van der Waals surface area contributed by atoms with Crippen molar-refractivity contribution in [2.45, 2.75) is 145 Å². The Hall–Kier alpha value is -0.986. The molecule has 0 heterocycles. The molecular weight excluding hydrogens is 760 g/mol. The molecule has 1 aromatic carbocycles. The minimum Gasteiger partial charge on any atom is -0.497 e. The molecule has 0 bridgehead atoms. The summed E-state index contributed by atoms with van der Waals surface area (Å²) in [6.45, 7) is 32.8. The molecule has 0 unspecified atom stereocenters. The largest absolute Gasteiger partial charge is 0.497 e. The first-order valence-electron chi connectivity index (χ1n) is 18.5. The first-order valence-corrected chi connectivity index (χ1v) is 25.2. The van der Waals surface area contributed by atoms with Gasteiger partial charge in [0, 0.05) is 17.4 Å². The van der Waals surface area contributed by atoms with Crippen LogP contribution in [0.5, 0.6) is 5.75 Å². The Bertz CT molecular complexity index is 1160. The van der Waals surface area contributed by atoms with E-state index in [0.29, 0.717) is 25.4 Å². The molecule has 0 saturated carbocycles. The van der Waals surface area contributed by atoms with Crippen molar-refractivity contribution in [3.8, 4) is 5.75 Å². The number of carbonyl (C=O) groups excluding carboxylic acids is 1. The van der Waals surface area contributed by atoms with Gasteiger partial charge in [0.25, 0.3) is 0 Å². The fraction of sp³-hybridized carbons (Fsp3) is 0.725. The number of ether oxygens (including phenoxy) is 3. The number of carbonyl (C=O) groups is 1. The molecule has 9 heteroatoms. The second-order valence-corrected chi connectivity index (χ2v) is 25.7. The van der Waals surface area contributed by atoms with Crippen LogP contribution in [0.25, 0.3) is 0 Å². The van der Waals surface area contributed by atoms with Gasteiger partial charge in [0.2, 0.25) is 0 Å². The molecule has 0 aromatic heterocycles. The van der Waals surface area contributed by atoms with Crippen LogP contribution in [0.1, 0.15) is 95.1 Å². The van der Waals surface area contributed by atoms with Crippen molar-refractivity contribution in [2.75, 3.05) is 20.3 Å². The predicted molar refractivity (Wildman–Crippen MR) is 221 cm³/mol. The summed E-state index contributed by atoms with van der Waals surface area (Å²) in [5.74, 6) is 1.05. The third kappa shape index (κ3) is 14.2. The van der Waals surface area contributed by atoms with Crippen molar-refractivity contribution in [2.24, 2.45) is 23.7 Å². The van der Waals surface area contributed by atoms with Gasteiger partial charge in [-0.3, -0.25) is 0 Å². The number of hydrogen-bond donors (Lipinski definition) is 0. The number of benzene rings is 1. The van der Waals surface area contributed by atoms with Crippen molar-refractivity contribution in [3.05, 3.63) is 51.1 Å². The third-order valence-electron chi connectivity index (χ3n) is 10.9. The van der Waals surface area contributed by atoms with Crippen LogP contribution in [0.4, 0.5) is 0 Å². The number of methoxy groups -OCH3 is 1. The number of hydrogen-bond acceptors (Lipinski definition) is 6. The van der Waals surface area contributed by atoms with Crippen molar-refractivity contribution >= 4 is 45.2 Å². The summed E-state index contributed by atoms with van der Waals surface area (Å²) in [6.07, 6.45) is 2.86. The van der Waals surface area contributed by atoms with E-state index in [2.05, 4.69) is 127 Å². The molecule has 6 atom stereocenters. The topological polar surface area (TPSA) is 63.2 Å². The molecular formula is C40H71IO6Si2. The molecule has 49 heavy (non-hydrogen) atoms.